The molecule has 4 heterocycles. The molecule has 4 rings (SSSR count). The molecule has 16 heteroatoms. The molecule has 0 bridgehead atoms. The summed E-state index contributed by atoms with van der Waals surface area (Å²) in [4.78, 5) is 19.4. The Hall–Kier alpha value is -2.53. The average Bonchev–Trinajstić information content (AvgIpc) is 3.37. The Morgan fingerprint density at radius 3 is 2.64 bits per heavy atom. The van der Waals surface area contributed by atoms with Gasteiger partial charge < -0.3 is 29.8 Å². The Morgan fingerprint density at radius 1 is 1.28 bits per heavy atom. The molecule has 200 valence electrons. The Bertz CT molecular complexity index is 1250. The van der Waals surface area contributed by atoms with Gasteiger partial charge in [0.05, 0.1) is 18.2 Å². The predicted octanol–water partition coefficient (Wildman–Crippen LogP) is 1.02. The van der Waals surface area contributed by atoms with Crippen LogP contribution >= 0.6 is 0 Å². The van der Waals surface area contributed by atoms with Gasteiger partial charge >= 0.3 is 12.1 Å². The van der Waals surface area contributed by atoms with Gasteiger partial charge in [-0.25, -0.2) is 9.97 Å². The highest BCUT2D eigenvalue weighted by atomic mass is 32.2. The van der Waals surface area contributed by atoms with Gasteiger partial charge in [-0.2, -0.15) is 21.6 Å². The van der Waals surface area contributed by atoms with Crippen LogP contribution in [0.5, 0.6) is 0 Å². The monoisotopic (exact) mass is 537 g/mol. The topological polar surface area (TPSA) is 157 Å². The van der Waals surface area contributed by atoms with Gasteiger partial charge in [0.15, 0.2) is 12.0 Å². The first-order valence-electron chi connectivity index (χ1n) is 11.0. The molecule has 4 atom stereocenters. The molecule has 2 aliphatic rings. The lowest BCUT2D eigenvalue weighted by atomic mass is 10.1. The fourth-order valence-electron chi connectivity index (χ4n) is 4.36. The van der Waals surface area contributed by atoms with Crippen molar-refractivity contribution < 1.29 is 44.8 Å². The molecule has 0 spiro atoms. The summed E-state index contributed by atoms with van der Waals surface area (Å²) < 4.78 is 85.0. The zero-order valence-electron chi connectivity index (χ0n) is 19.6. The van der Waals surface area contributed by atoms with Gasteiger partial charge in [0.2, 0.25) is 0 Å². The molecular formula is C20H26F3N5O7S. The number of nitrogen functional groups attached to an aromatic ring is 1. The predicted molar refractivity (Wildman–Crippen MR) is 118 cm³/mol. The van der Waals surface area contributed by atoms with Crippen LogP contribution in [0.1, 0.15) is 32.1 Å². The molecule has 0 unspecified atom stereocenters. The van der Waals surface area contributed by atoms with Crippen molar-refractivity contribution in [3.8, 4) is 0 Å². The van der Waals surface area contributed by atoms with Crippen LogP contribution in [0.25, 0.3) is 11.0 Å². The van der Waals surface area contributed by atoms with Crippen molar-refractivity contribution in [3.63, 3.8) is 0 Å². The minimum absolute atomic E-state index is 0.156. The summed E-state index contributed by atoms with van der Waals surface area (Å²) in [5.41, 5.74) is 7.10. The maximum Gasteiger partial charge on any atom is 0.471 e. The number of carbonyl (C=O) groups excluding carboxylic acids is 1. The summed E-state index contributed by atoms with van der Waals surface area (Å²) in [6.07, 6.45) is -3.55. The normalized spacial score (nSPS) is 25.8. The number of halogens is 3. The molecule has 36 heavy (non-hydrogen) atoms. The van der Waals surface area contributed by atoms with Crippen molar-refractivity contribution in [3.05, 3.63) is 18.1 Å². The second-order valence-corrected chi connectivity index (χ2v) is 10.6. The lowest BCUT2D eigenvalue weighted by Crippen LogP contribution is -2.37. The third kappa shape index (κ3) is 5.56. The molecule has 2 aromatic heterocycles. The number of ether oxygens (including phenoxy) is 3. The molecule has 2 fully saturated rings. The van der Waals surface area contributed by atoms with Crippen LogP contribution in [0.2, 0.25) is 0 Å². The number of amides is 1. The van der Waals surface area contributed by atoms with Crippen LogP contribution in [0.3, 0.4) is 0 Å². The minimum Gasteiger partial charge on any atom is -0.383 e. The van der Waals surface area contributed by atoms with E-state index in [1.54, 1.807) is 24.6 Å². The molecule has 3 N–H and O–H groups in total. The van der Waals surface area contributed by atoms with Gasteiger partial charge in [-0.3, -0.25) is 8.98 Å². The zero-order chi connectivity index (χ0) is 26.5. The van der Waals surface area contributed by atoms with Crippen LogP contribution in [0.15, 0.2) is 12.5 Å². The second kappa shape index (κ2) is 9.41. The number of rotatable bonds is 8. The summed E-state index contributed by atoms with van der Waals surface area (Å²) in [6.45, 7) is 2.92. The number of hydrogen-bond donors (Lipinski definition) is 2. The fourth-order valence-corrected chi connectivity index (χ4v) is 4.74. The Labute approximate surface area is 204 Å². The maximum atomic E-state index is 12.4. The van der Waals surface area contributed by atoms with Crippen molar-refractivity contribution >= 4 is 32.9 Å². The first kappa shape index (κ1) is 26.5. The fraction of sp³-hybridized carbons (Fsp3) is 0.650. The summed E-state index contributed by atoms with van der Waals surface area (Å²) in [5.74, 6) is -2.83. The largest absolute Gasteiger partial charge is 0.471 e. The molecule has 2 aromatic rings. The van der Waals surface area contributed by atoms with Crippen molar-refractivity contribution in [1.29, 1.82) is 0 Å². The van der Waals surface area contributed by atoms with Gasteiger partial charge in [0.25, 0.3) is 10.1 Å². The smallest absolute Gasteiger partial charge is 0.383 e. The molecule has 2 aliphatic heterocycles. The van der Waals surface area contributed by atoms with Gasteiger partial charge in [0.1, 0.15) is 36.1 Å². The molecule has 1 amide bonds. The minimum atomic E-state index is -4.96. The van der Waals surface area contributed by atoms with Crippen LogP contribution < -0.4 is 11.1 Å². The van der Waals surface area contributed by atoms with E-state index in [2.05, 4.69) is 9.97 Å². The first-order valence-corrected chi connectivity index (χ1v) is 12.8. The number of nitrogens with two attached hydrogens (primary N) is 1. The number of carbonyl (C=O) groups is 1. The number of nitrogens with zero attached hydrogens (tertiary/aromatic N) is 3. The standard InChI is InChI=1S/C20H26F3N5O7S/c1-19(2)34-13-11(8-32-36(3,30)31)33-17(14(13)35-19)28-7-10(12-15(24)26-9-27-16(12)28)5-4-6-25-18(29)20(21,22)23/h7,9,11,13-14,17H,4-6,8H2,1-3H3,(H,25,29)(H2,24,26,27)/t11-,13-,14-,17-/m1/s1. The van der Waals surface area contributed by atoms with Crippen LogP contribution in [0, 0.1) is 0 Å². The van der Waals surface area contributed by atoms with E-state index >= 15 is 0 Å². The van der Waals surface area contributed by atoms with Crippen LogP contribution in [-0.4, -0.2) is 78.5 Å². The first-order chi connectivity index (χ1) is 16.7. The maximum absolute atomic E-state index is 12.4. The highest BCUT2D eigenvalue weighted by molar-refractivity contribution is 7.85. The van der Waals surface area contributed by atoms with E-state index < -0.39 is 52.5 Å². The second-order valence-electron chi connectivity index (χ2n) is 8.99. The van der Waals surface area contributed by atoms with Crippen LogP contribution in [-0.2, 0) is 39.7 Å². The SMILES string of the molecule is CC1(C)O[C@@H]2[C@H](O1)[C@@H](COS(C)(=O)=O)O[C@H]2n1cc(CCCNC(=O)C(F)(F)F)c2c(N)ncnc21. The molecule has 0 radical (unpaired) electrons. The van der Waals surface area contributed by atoms with Crippen LogP contribution in [0.4, 0.5) is 19.0 Å². The lowest BCUT2D eigenvalue weighted by Gasteiger charge is -2.24. The highest BCUT2D eigenvalue weighted by Crippen LogP contribution is 2.44. The van der Waals surface area contributed by atoms with Gasteiger partial charge in [0, 0.05) is 12.7 Å². The number of hydrogen-bond acceptors (Lipinski definition) is 10. The number of aryl methyl sites for hydroxylation is 1. The van der Waals surface area contributed by atoms with Crippen molar-refractivity contribution in [1.82, 2.24) is 19.9 Å². The summed E-state index contributed by atoms with van der Waals surface area (Å²) in [6, 6.07) is 0. The van der Waals surface area contributed by atoms with Crippen molar-refractivity contribution in [2.24, 2.45) is 0 Å². The Morgan fingerprint density at radius 2 is 1.97 bits per heavy atom. The summed E-state index contributed by atoms with van der Waals surface area (Å²) in [7, 11) is -3.74. The van der Waals surface area contributed by atoms with E-state index in [1.165, 1.54) is 6.33 Å². The molecule has 12 nitrogen and oxygen atoms in total. The Balaban J connectivity index is 1.59. The molecular weight excluding hydrogens is 511 g/mol. The quantitative estimate of drug-likeness (QED) is 0.368. The van der Waals surface area contributed by atoms with E-state index in [-0.39, 0.29) is 31.8 Å². The number of fused-ring (bicyclic) bond motifs is 2. The third-order valence-corrected chi connectivity index (χ3v) is 6.29. The highest BCUT2D eigenvalue weighted by Gasteiger charge is 2.56. The zero-order valence-corrected chi connectivity index (χ0v) is 20.4. The number of anilines is 1. The summed E-state index contributed by atoms with van der Waals surface area (Å²) in [5, 5.41) is 2.31. The molecule has 0 aliphatic carbocycles. The van der Waals surface area contributed by atoms with E-state index in [9.17, 15) is 26.4 Å². The van der Waals surface area contributed by atoms with E-state index in [0.29, 0.717) is 16.6 Å². The van der Waals surface area contributed by atoms with Gasteiger partial charge in [-0.1, -0.05) is 0 Å². The average molecular weight is 538 g/mol. The van der Waals surface area contributed by atoms with E-state index in [4.69, 9.17) is 24.1 Å². The van der Waals surface area contributed by atoms with E-state index in [1.807, 2.05) is 5.32 Å². The molecule has 0 saturated carbocycles. The lowest BCUT2D eigenvalue weighted by molar-refractivity contribution is -0.198. The van der Waals surface area contributed by atoms with Gasteiger partial charge in [-0.05, 0) is 32.3 Å². The molecule has 2 saturated heterocycles. The molecule has 0 aromatic carbocycles. The number of alkyl halides is 3. The van der Waals surface area contributed by atoms with E-state index in [0.717, 1.165) is 6.26 Å². The van der Waals surface area contributed by atoms with Crippen molar-refractivity contribution in [2.75, 3.05) is 25.1 Å². The third-order valence-electron chi connectivity index (χ3n) is 5.73. The summed E-state index contributed by atoms with van der Waals surface area (Å²) >= 11 is 0. The number of aromatic nitrogens is 3. The van der Waals surface area contributed by atoms with Gasteiger partial charge in [-0.15, -0.1) is 0 Å². The number of nitrogens with one attached hydrogen (secondary N) is 1. The Kier molecular flexibility index (Phi) is 6.93. The van der Waals surface area contributed by atoms with Crippen molar-refractivity contribution in [2.45, 2.75) is 63.2 Å².